The Labute approximate surface area is 156 Å². The van der Waals surface area contributed by atoms with Crippen LogP contribution >= 0.6 is 15.9 Å². The summed E-state index contributed by atoms with van der Waals surface area (Å²) in [6, 6.07) is 17.1. The second kappa shape index (κ2) is 5.89. The number of fused-ring (bicyclic) bond motifs is 4. The van der Waals surface area contributed by atoms with Gasteiger partial charge in [-0.1, -0.05) is 52.7 Å². The molecule has 0 bridgehead atoms. The molecule has 2 heterocycles. The van der Waals surface area contributed by atoms with Gasteiger partial charge >= 0.3 is 0 Å². The van der Waals surface area contributed by atoms with Crippen molar-refractivity contribution in [3.8, 4) is 5.75 Å². The standard InChI is InChI=1S/C21H21BrN2O/c22-16-9-10-20-17(13-16)19-14-18(15-7-3-1-4-8-15)23-24(19)21(25-20)11-5-2-6-12-21/h1,3-4,7-10,13-14,19,23H,2,5-6,11-12H2/t19-/m1/s1. The Morgan fingerprint density at radius 3 is 2.64 bits per heavy atom. The Kier molecular flexibility index (Phi) is 3.64. The molecule has 0 unspecified atom stereocenters. The van der Waals surface area contributed by atoms with E-state index >= 15 is 0 Å². The summed E-state index contributed by atoms with van der Waals surface area (Å²) in [4.78, 5) is 0. The minimum atomic E-state index is -0.239. The molecule has 2 aromatic rings. The first-order valence-corrected chi connectivity index (χ1v) is 9.86. The molecule has 1 atom stereocenters. The zero-order valence-corrected chi connectivity index (χ0v) is 15.6. The maximum absolute atomic E-state index is 6.62. The van der Waals surface area contributed by atoms with E-state index in [1.54, 1.807) is 0 Å². The fraction of sp³-hybridized carbons (Fsp3) is 0.333. The van der Waals surface area contributed by atoms with Gasteiger partial charge < -0.3 is 10.2 Å². The summed E-state index contributed by atoms with van der Waals surface area (Å²) in [5.74, 6) is 1.03. The van der Waals surface area contributed by atoms with E-state index in [1.165, 1.54) is 36.1 Å². The number of hydrazine groups is 1. The molecule has 3 nitrogen and oxygen atoms in total. The largest absolute Gasteiger partial charge is 0.471 e. The Morgan fingerprint density at radius 2 is 1.84 bits per heavy atom. The molecule has 3 aliphatic rings. The summed E-state index contributed by atoms with van der Waals surface area (Å²) < 4.78 is 7.72. The van der Waals surface area contributed by atoms with Gasteiger partial charge in [-0.2, -0.15) is 5.01 Å². The second-order valence-corrected chi connectivity index (χ2v) is 8.08. The van der Waals surface area contributed by atoms with Crippen molar-refractivity contribution in [3.05, 3.63) is 70.2 Å². The van der Waals surface area contributed by atoms with Crippen LogP contribution in [0.3, 0.4) is 0 Å². The number of benzene rings is 2. The predicted molar refractivity (Wildman–Crippen MR) is 103 cm³/mol. The van der Waals surface area contributed by atoms with Crippen molar-refractivity contribution in [2.45, 2.75) is 43.9 Å². The number of rotatable bonds is 1. The molecule has 0 aromatic heterocycles. The van der Waals surface area contributed by atoms with E-state index in [1.807, 2.05) is 0 Å². The number of ether oxygens (including phenoxy) is 1. The zero-order chi connectivity index (χ0) is 16.9. The average Bonchev–Trinajstić information content (AvgIpc) is 3.11. The highest BCUT2D eigenvalue weighted by molar-refractivity contribution is 9.10. The number of hydrogen-bond donors (Lipinski definition) is 1. The van der Waals surface area contributed by atoms with E-state index in [0.717, 1.165) is 23.1 Å². The Balaban J connectivity index is 1.62. The Morgan fingerprint density at radius 1 is 1.04 bits per heavy atom. The highest BCUT2D eigenvalue weighted by Gasteiger charge is 2.50. The van der Waals surface area contributed by atoms with Gasteiger partial charge in [0, 0.05) is 22.9 Å². The van der Waals surface area contributed by atoms with Gasteiger partial charge in [0.2, 0.25) is 0 Å². The molecule has 1 saturated carbocycles. The van der Waals surface area contributed by atoms with Crippen LogP contribution in [0, 0.1) is 0 Å². The Bertz CT molecular complexity index is 827. The molecule has 0 saturated heterocycles. The van der Waals surface area contributed by atoms with E-state index in [-0.39, 0.29) is 11.8 Å². The lowest BCUT2D eigenvalue weighted by Gasteiger charge is -2.50. The highest BCUT2D eigenvalue weighted by atomic mass is 79.9. The average molecular weight is 397 g/mol. The van der Waals surface area contributed by atoms with Gasteiger partial charge in [0.05, 0.1) is 11.7 Å². The molecule has 4 heteroatoms. The van der Waals surface area contributed by atoms with Gasteiger partial charge in [-0.25, -0.2) is 0 Å². The van der Waals surface area contributed by atoms with E-state index in [2.05, 4.69) is 81.0 Å². The molecule has 2 aliphatic heterocycles. The third-order valence-corrected chi connectivity index (χ3v) is 6.09. The predicted octanol–water partition coefficient (Wildman–Crippen LogP) is 5.40. The van der Waals surface area contributed by atoms with Crippen molar-refractivity contribution in [1.82, 2.24) is 10.4 Å². The van der Waals surface area contributed by atoms with Crippen molar-refractivity contribution in [1.29, 1.82) is 0 Å². The summed E-state index contributed by atoms with van der Waals surface area (Å²) in [6.07, 6.45) is 8.23. The molecular formula is C21H21BrN2O. The smallest absolute Gasteiger partial charge is 0.180 e. The lowest BCUT2D eigenvalue weighted by atomic mass is 9.87. The fourth-order valence-corrected chi connectivity index (χ4v) is 4.75. The molecule has 25 heavy (non-hydrogen) atoms. The SMILES string of the molecule is Brc1ccc2c(c1)[C@H]1C=C(c3ccccc3)NN1C1(CCCCC1)O2. The van der Waals surface area contributed by atoms with Crippen molar-refractivity contribution < 1.29 is 4.74 Å². The Hall–Kier alpha value is -1.78. The maximum Gasteiger partial charge on any atom is 0.180 e. The van der Waals surface area contributed by atoms with Crippen LogP contribution in [0.4, 0.5) is 0 Å². The summed E-state index contributed by atoms with van der Waals surface area (Å²) in [5, 5.41) is 2.36. The second-order valence-electron chi connectivity index (χ2n) is 7.16. The lowest BCUT2D eigenvalue weighted by Crippen LogP contribution is -2.60. The van der Waals surface area contributed by atoms with Crippen LogP contribution in [-0.2, 0) is 0 Å². The fourth-order valence-electron chi connectivity index (χ4n) is 4.38. The van der Waals surface area contributed by atoms with E-state index in [9.17, 15) is 0 Å². The maximum atomic E-state index is 6.62. The molecular weight excluding hydrogens is 376 g/mol. The molecule has 5 rings (SSSR count). The number of hydrogen-bond acceptors (Lipinski definition) is 3. The van der Waals surface area contributed by atoms with Gasteiger partial charge in [0.1, 0.15) is 5.75 Å². The highest BCUT2D eigenvalue weighted by Crippen LogP contribution is 2.50. The van der Waals surface area contributed by atoms with E-state index in [0.29, 0.717) is 0 Å². The number of halogens is 1. The van der Waals surface area contributed by atoms with Gasteiger partial charge in [0.15, 0.2) is 5.72 Å². The van der Waals surface area contributed by atoms with Crippen LogP contribution < -0.4 is 10.2 Å². The monoisotopic (exact) mass is 396 g/mol. The molecule has 1 N–H and O–H groups in total. The molecule has 2 aromatic carbocycles. The summed E-state index contributed by atoms with van der Waals surface area (Å²) in [7, 11) is 0. The summed E-state index contributed by atoms with van der Waals surface area (Å²) >= 11 is 3.62. The molecule has 0 amide bonds. The minimum Gasteiger partial charge on any atom is -0.471 e. The van der Waals surface area contributed by atoms with Crippen LogP contribution in [0.1, 0.15) is 49.3 Å². The first-order valence-electron chi connectivity index (χ1n) is 9.07. The topological polar surface area (TPSA) is 24.5 Å². The van der Waals surface area contributed by atoms with Crippen LogP contribution in [0.25, 0.3) is 5.70 Å². The van der Waals surface area contributed by atoms with Gasteiger partial charge in [-0.05, 0) is 42.7 Å². The lowest BCUT2D eigenvalue weighted by molar-refractivity contribution is -0.150. The van der Waals surface area contributed by atoms with Crippen molar-refractivity contribution in [2.75, 3.05) is 0 Å². The molecule has 1 aliphatic carbocycles. The third-order valence-electron chi connectivity index (χ3n) is 5.59. The van der Waals surface area contributed by atoms with Gasteiger partial charge in [-0.15, -0.1) is 0 Å². The zero-order valence-electron chi connectivity index (χ0n) is 14.0. The minimum absolute atomic E-state index is 0.203. The van der Waals surface area contributed by atoms with E-state index < -0.39 is 0 Å². The van der Waals surface area contributed by atoms with Crippen LogP contribution in [0.15, 0.2) is 59.1 Å². The normalized spacial score (nSPS) is 24.0. The van der Waals surface area contributed by atoms with Gasteiger partial charge in [0.25, 0.3) is 0 Å². The summed E-state index contributed by atoms with van der Waals surface area (Å²) in [5.41, 5.74) is 7.07. The summed E-state index contributed by atoms with van der Waals surface area (Å²) in [6.45, 7) is 0. The quantitative estimate of drug-likeness (QED) is 0.697. The van der Waals surface area contributed by atoms with Crippen LogP contribution in [-0.4, -0.2) is 10.7 Å². The third kappa shape index (κ3) is 2.51. The molecule has 128 valence electrons. The number of nitrogens with zero attached hydrogens (tertiary/aromatic N) is 1. The van der Waals surface area contributed by atoms with Crippen LogP contribution in [0.5, 0.6) is 5.75 Å². The number of nitrogens with one attached hydrogen (secondary N) is 1. The van der Waals surface area contributed by atoms with Gasteiger partial charge in [-0.3, -0.25) is 0 Å². The van der Waals surface area contributed by atoms with Crippen molar-refractivity contribution >= 4 is 21.6 Å². The molecule has 1 fully saturated rings. The first kappa shape index (κ1) is 15.5. The van der Waals surface area contributed by atoms with Crippen molar-refractivity contribution in [3.63, 3.8) is 0 Å². The molecule has 0 radical (unpaired) electrons. The first-order chi connectivity index (χ1) is 12.3. The molecule has 1 spiro atoms. The van der Waals surface area contributed by atoms with Crippen LogP contribution in [0.2, 0.25) is 0 Å². The van der Waals surface area contributed by atoms with Crippen molar-refractivity contribution in [2.24, 2.45) is 0 Å². The van der Waals surface area contributed by atoms with E-state index in [4.69, 9.17) is 4.74 Å².